The molecule has 1 N–H and O–H groups in total. The van der Waals surface area contributed by atoms with Crippen molar-refractivity contribution in [1.29, 1.82) is 0 Å². The molecule has 1 aliphatic heterocycles. The first-order valence-corrected chi connectivity index (χ1v) is 5.47. The number of hydrogen-bond donors (Lipinski definition) is 1. The molecule has 0 aliphatic carbocycles. The van der Waals surface area contributed by atoms with Crippen LogP contribution in [0.3, 0.4) is 0 Å². The van der Waals surface area contributed by atoms with Crippen LogP contribution in [0.4, 0.5) is 4.39 Å². The molecule has 0 radical (unpaired) electrons. The minimum atomic E-state index is -0.284. The minimum absolute atomic E-state index is 0. The summed E-state index contributed by atoms with van der Waals surface area (Å²) in [6, 6.07) is 6.91. The SMILES string of the molecule is Cl.Fc1ccccc1OCC1CCCCN1. The summed E-state index contributed by atoms with van der Waals surface area (Å²) in [6.07, 6.45) is 3.59. The standard InChI is InChI=1S/C12H16FNO.ClH/c13-11-6-1-2-7-12(11)15-9-10-5-3-4-8-14-10;/h1-2,6-7,10,14H,3-5,8-9H2;1H. The predicted molar refractivity (Wildman–Crippen MR) is 64.8 cm³/mol. The van der Waals surface area contributed by atoms with Gasteiger partial charge in [0, 0.05) is 6.04 Å². The van der Waals surface area contributed by atoms with Crippen LogP contribution in [-0.4, -0.2) is 19.2 Å². The van der Waals surface area contributed by atoms with E-state index in [0.29, 0.717) is 18.4 Å². The Kier molecular flexibility index (Phi) is 5.56. The van der Waals surface area contributed by atoms with Crippen LogP contribution in [0.25, 0.3) is 0 Å². The van der Waals surface area contributed by atoms with Crippen molar-refractivity contribution in [3.8, 4) is 5.75 Å². The summed E-state index contributed by atoms with van der Waals surface area (Å²) < 4.78 is 18.6. The fourth-order valence-electron chi connectivity index (χ4n) is 1.82. The molecule has 1 aromatic carbocycles. The predicted octanol–water partition coefficient (Wildman–Crippen LogP) is 2.77. The fourth-order valence-corrected chi connectivity index (χ4v) is 1.82. The van der Waals surface area contributed by atoms with Gasteiger partial charge in [0.25, 0.3) is 0 Å². The molecule has 1 atom stereocenters. The van der Waals surface area contributed by atoms with Crippen LogP contribution in [0, 0.1) is 5.82 Å². The van der Waals surface area contributed by atoms with Gasteiger partial charge in [0.05, 0.1) is 0 Å². The van der Waals surface area contributed by atoms with Crippen LogP contribution in [0.2, 0.25) is 0 Å². The minimum Gasteiger partial charge on any atom is -0.489 e. The summed E-state index contributed by atoms with van der Waals surface area (Å²) in [5.74, 6) is 0.0678. The molecule has 1 saturated heterocycles. The van der Waals surface area contributed by atoms with Crippen LogP contribution in [-0.2, 0) is 0 Å². The molecule has 16 heavy (non-hydrogen) atoms. The monoisotopic (exact) mass is 245 g/mol. The van der Waals surface area contributed by atoms with Crippen LogP contribution in [0.15, 0.2) is 24.3 Å². The second-order valence-corrected chi connectivity index (χ2v) is 3.89. The summed E-state index contributed by atoms with van der Waals surface area (Å²) in [6.45, 7) is 1.60. The van der Waals surface area contributed by atoms with Gasteiger partial charge in [-0.15, -0.1) is 12.4 Å². The van der Waals surface area contributed by atoms with Crippen LogP contribution in [0.5, 0.6) is 5.75 Å². The first-order valence-electron chi connectivity index (χ1n) is 5.47. The van der Waals surface area contributed by atoms with Crippen LogP contribution >= 0.6 is 12.4 Å². The van der Waals surface area contributed by atoms with E-state index in [9.17, 15) is 4.39 Å². The van der Waals surface area contributed by atoms with Crippen molar-refractivity contribution in [2.24, 2.45) is 0 Å². The van der Waals surface area contributed by atoms with E-state index in [4.69, 9.17) is 4.74 Å². The molecule has 90 valence electrons. The third-order valence-corrected chi connectivity index (χ3v) is 2.69. The summed E-state index contributed by atoms with van der Waals surface area (Å²) in [5.41, 5.74) is 0. The second-order valence-electron chi connectivity index (χ2n) is 3.89. The zero-order chi connectivity index (χ0) is 10.5. The normalized spacial score (nSPS) is 19.9. The van der Waals surface area contributed by atoms with E-state index in [-0.39, 0.29) is 18.2 Å². The van der Waals surface area contributed by atoms with Gasteiger partial charge in [0.2, 0.25) is 0 Å². The van der Waals surface area contributed by atoms with Crippen molar-refractivity contribution < 1.29 is 9.13 Å². The lowest BCUT2D eigenvalue weighted by atomic mass is 10.1. The zero-order valence-corrected chi connectivity index (χ0v) is 9.93. The van der Waals surface area contributed by atoms with Gasteiger partial charge in [0.15, 0.2) is 11.6 Å². The number of halogens is 2. The van der Waals surface area contributed by atoms with E-state index in [2.05, 4.69) is 5.32 Å². The molecule has 0 aromatic heterocycles. The highest BCUT2D eigenvalue weighted by molar-refractivity contribution is 5.85. The molecule has 0 saturated carbocycles. The Balaban J connectivity index is 0.00000128. The molecule has 1 fully saturated rings. The van der Waals surface area contributed by atoms with Gasteiger partial charge in [-0.05, 0) is 31.5 Å². The van der Waals surface area contributed by atoms with Gasteiger partial charge in [-0.2, -0.15) is 0 Å². The van der Waals surface area contributed by atoms with E-state index in [1.54, 1.807) is 18.2 Å². The fraction of sp³-hybridized carbons (Fsp3) is 0.500. The van der Waals surface area contributed by atoms with Crippen molar-refractivity contribution in [2.45, 2.75) is 25.3 Å². The molecule has 1 heterocycles. The van der Waals surface area contributed by atoms with Crippen LogP contribution in [0.1, 0.15) is 19.3 Å². The van der Waals surface area contributed by atoms with E-state index < -0.39 is 0 Å². The highest BCUT2D eigenvalue weighted by Gasteiger charge is 2.13. The Morgan fingerprint density at radius 3 is 2.81 bits per heavy atom. The maximum atomic E-state index is 13.2. The van der Waals surface area contributed by atoms with Gasteiger partial charge in [-0.1, -0.05) is 18.6 Å². The Labute approximate surface area is 102 Å². The number of ether oxygens (including phenoxy) is 1. The number of rotatable bonds is 3. The summed E-state index contributed by atoms with van der Waals surface area (Å²) in [4.78, 5) is 0. The van der Waals surface area contributed by atoms with E-state index in [0.717, 1.165) is 13.0 Å². The quantitative estimate of drug-likeness (QED) is 0.884. The first kappa shape index (κ1) is 13.3. The topological polar surface area (TPSA) is 21.3 Å². The molecular weight excluding hydrogens is 229 g/mol. The number of benzene rings is 1. The Bertz CT molecular complexity index is 316. The van der Waals surface area contributed by atoms with Crippen molar-refractivity contribution in [3.05, 3.63) is 30.1 Å². The molecule has 0 spiro atoms. The number of hydrogen-bond acceptors (Lipinski definition) is 2. The molecule has 0 amide bonds. The average molecular weight is 246 g/mol. The van der Waals surface area contributed by atoms with Gasteiger partial charge in [0.1, 0.15) is 6.61 Å². The number of piperidine rings is 1. The first-order chi connectivity index (χ1) is 7.36. The van der Waals surface area contributed by atoms with Crippen LogP contribution < -0.4 is 10.1 Å². The lowest BCUT2D eigenvalue weighted by Crippen LogP contribution is -2.38. The number of para-hydroxylation sites is 1. The molecule has 1 unspecified atom stereocenters. The summed E-state index contributed by atoms with van der Waals surface area (Å²) in [7, 11) is 0. The molecule has 2 nitrogen and oxygen atoms in total. The largest absolute Gasteiger partial charge is 0.489 e. The molecule has 1 aromatic rings. The Morgan fingerprint density at radius 2 is 2.12 bits per heavy atom. The zero-order valence-electron chi connectivity index (χ0n) is 9.12. The second kappa shape index (κ2) is 6.71. The van der Waals surface area contributed by atoms with Crippen molar-refractivity contribution in [3.63, 3.8) is 0 Å². The maximum absolute atomic E-state index is 13.2. The third kappa shape index (κ3) is 3.65. The van der Waals surface area contributed by atoms with Gasteiger partial charge in [-0.3, -0.25) is 0 Å². The average Bonchev–Trinajstić information content (AvgIpc) is 2.29. The summed E-state index contributed by atoms with van der Waals surface area (Å²) in [5, 5.41) is 3.36. The smallest absolute Gasteiger partial charge is 0.165 e. The Hall–Kier alpha value is -0.800. The van der Waals surface area contributed by atoms with Crippen molar-refractivity contribution in [2.75, 3.05) is 13.2 Å². The lowest BCUT2D eigenvalue weighted by Gasteiger charge is -2.23. The molecule has 0 bridgehead atoms. The highest BCUT2D eigenvalue weighted by atomic mass is 35.5. The van der Waals surface area contributed by atoms with Gasteiger partial charge in [-0.25, -0.2) is 4.39 Å². The maximum Gasteiger partial charge on any atom is 0.165 e. The van der Waals surface area contributed by atoms with E-state index in [1.807, 2.05) is 0 Å². The Morgan fingerprint density at radius 1 is 1.31 bits per heavy atom. The van der Waals surface area contributed by atoms with Crippen molar-refractivity contribution in [1.82, 2.24) is 5.32 Å². The van der Waals surface area contributed by atoms with Gasteiger partial charge < -0.3 is 10.1 Å². The number of nitrogens with one attached hydrogen (secondary N) is 1. The van der Waals surface area contributed by atoms with E-state index in [1.165, 1.54) is 18.9 Å². The van der Waals surface area contributed by atoms with E-state index >= 15 is 0 Å². The highest BCUT2D eigenvalue weighted by Crippen LogP contribution is 2.16. The van der Waals surface area contributed by atoms with Gasteiger partial charge >= 0.3 is 0 Å². The molecule has 1 aliphatic rings. The van der Waals surface area contributed by atoms with Crippen molar-refractivity contribution >= 4 is 12.4 Å². The lowest BCUT2D eigenvalue weighted by molar-refractivity contribution is 0.231. The molecular formula is C12H17ClFNO. The molecule has 2 rings (SSSR count). The summed E-state index contributed by atoms with van der Waals surface area (Å²) >= 11 is 0. The third-order valence-electron chi connectivity index (χ3n) is 2.69. The molecule has 4 heteroatoms.